The molecule has 0 aliphatic heterocycles. The Morgan fingerprint density at radius 2 is 1.84 bits per heavy atom. The first-order valence-electron chi connectivity index (χ1n) is 8.72. The lowest BCUT2D eigenvalue weighted by molar-refractivity contribution is -0.155. The van der Waals surface area contributed by atoms with E-state index in [1.807, 2.05) is 38.1 Å². The average molecular weight is 345 g/mol. The SMILES string of the molecule is COC(=O)/C=C/c1ccc(CNC(C)(C)C(=O)OC2CCCC2)cc1. The third-order valence-corrected chi connectivity index (χ3v) is 4.41. The van der Waals surface area contributed by atoms with Crippen molar-refractivity contribution in [2.45, 2.75) is 57.7 Å². The van der Waals surface area contributed by atoms with E-state index in [1.54, 1.807) is 6.08 Å². The topological polar surface area (TPSA) is 64.6 Å². The van der Waals surface area contributed by atoms with Crippen LogP contribution in [0.4, 0.5) is 0 Å². The van der Waals surface area contributed by atoms with Crippen molar-refractivity contribution >= 4 is 18.0 Å². The zero-order valence-corrected chi connectivity index (χ0v) is 15.2. The molecule has 2 rings (SSSR count). The van der Waals surface area contributed by atoms with E-state index < -0.39 is 5.54 Å². The number of esters is 2. The zero-order valence-electron chi connectivity index (χ0n) is 15.2. The van der Waals surface area contributed by atoms with Gasteiger partial charge in [-0.2, -0.15) is 0 Å². The molecule has 1 fully saturated rings. The van der Waals surface area contributed by atoms with Crippen LogP contribution in [0.2, 0.25) is 0 Å². The molecule has 1 aromatic carbocycles. The number of carbonyl (C=O) groups is 2. The molecule has 0 spiro atoms. The lowest BCUT2D eigenvalue weighted by Gasteiger charge is -2.26. The van der Waals surface area contributed by atoms with Gasteiger partial charge in [-0.25, -0.2) is 4.79 Å². The molecule has 5 heteroatoms. The first-order valence-corrected chi connectivity index (χ1v) is 8.72. The van der Waals surface area contributed by atoms with Crippen molar-refractivity contribution in [3.05, 3.63) is 41.5 Å². The van der Waals surface area contributed by atoms with Gasteiger partial charge in [-0.1, -0.05) is 24.3 Å². The summed E-state index contributed by atoms with van der Waals surface area (Å²) in [6.07, 6.45) is 7.39. The molecule has 1 N–H and O–H groups in total. The summed E-state index contributed by atoms with van der Waals surface area (Å²) in [5.74, 6) is -0.578. The van der Waals surface area contributed by atoms with Gasteiger partial charge >= 0.3 is 11.9 Å². The molecule has 1 aromatic rings. The fourth-order valence-electron chi connectivity index (χ4n) is 2.68. The van der Waals surface area contributed by atoms with Crippen molar-refractivity contribution < 1.29 is 19.1 Å². The van der Waals surface area contributed by atoms with Crippen LogP contribution in [0.1, 0.15) is 50.7 Å². The van der Waals surface area contributed by atoms with Crippen molar-refractivity contribution in [2.24, 2.45) is 0 Å². The molecule has 136 valence electrons. The minimum Gasteiger partial charge on any atom is -0.466 e. The lowest BCUT2D eigenvalue weighted by atomic mass is 10.0. The van der Waals surface area contributed by atoms with Crippen LogP contribution >= 0.6 is 0 Å². The van der Waals surface area contributed by atoms with Gasteiger partial charge in [0.1, 0.15) is 11.6 Å². The minimum atomic E-state index is -0.730. The predicted octanol–water partition coefficient (Wildman–Crippen LogP) is 3.23. The molecular formula is C20H27NO4. The van der Waals surface area contributed by atoms with E-state index in [1.165, 1.54) is 13.2 Å². The van der Waals surface area contributed by atoms with Gasteiger partial charge in [0.15, 0.2) is 0 Å². The van der Waals surface area contributed by atoms with Crippen LogP contribution < -0.4 is 5.32 Å². The Bertz CT molecular complexity index is 613. The van der Waals surface area contributed by atoms with E-state index >= 15 is 0 Å². The fourth-order valence-corrected chi connectivity index (χ4v) is 2.68. The highest BCUT2D eigenvalue weighted by atomic mass is 16.5. The molecule has 1 saturated carbocycles. The largest absolute Gasteiger partial charge is 0.466 e. The summed E-state index contributed by atoms with van der Waals surface area (Å²) >= 11 is 0. The van der Waals surface area contributed by atoms with Crippen LogP contribution in [0, 0.1) is 0 Å². The predicted molar refractivity (Wildman–Crippen MR) is 96.8 cm³/mol. The summed E-state index contributed by atoms with van der Waals surface area (Å²) in [6, 6.07) is 7.76. The number of benzene rings is 1. The fraction of sp³-hybridized carbons (Fsp3) is 0.500. The third-order valence-electron chi connectivity index (χ3n) is 4.41. The van der Waals surface area contributed by atoms with Crippen LogP contribution in [0.25, 0.3) is 6.08 Å². The average Bonchev–Trinajstić information content (AvgIpc) is 3.11. The van der Waals surface area contributed by atoms with Crippen LogP contribution in [0.15, 0.2) is 30.3 Å². The highest BCUT2D eigenvalue weighted by Crippen LogP contribution is 2.22. The standard InChI is InChI=1S/C20H27NO4/c1-20(2,19(23)25-17-6-4-5-7-17)21-14-16-10-8-15(9-11-16)12-13-18(22)24-3/h8-13,17,21H,4-7,14H2,1-3H3/b13-12+. The number of hydrogen-bond acceptors (Lipinski definition) is 5. The quantitative estimate of drug-likeness (QED) is 0.607. The molecule has 0 amide bonds. The van der Waals surface area contributed by atoms with Gasteiger partial charge in [-0.15, -0.1) is 0 Å². The number of hydrogen-bond donors (Lipinski definition) is 1. The normalized spacial score (nSPS) is 15.5. The molecule has 25 heavy (non-hydrogen) atoms. The van der Waals surface area contributed by atoms with Gasteiger partial charge in [0, 0.05) is 12.6 Å². The third kappa shape index (κ3) is 6.02. The maximum absolute atomic E-state index is 12.3. The van der Waals surface area contributed by atoms with Crippen molar-refractivity contribution in [3.63, 3.8) is 0 Å². The van der Waals surface area contributed by atoms with E-state index in [2.05, 4.69) is 10.1 Å². The Morgan fingerprint density at radius 1 is 1.20 bits per heavy atom. The summed E-state index contributed by atoms with van der Waals surface area (Å²) in [4.78, 5) is 23.4. The number of carbonyl (C=O) groups excluding carboxylic acids is 2. The van der Waals surface area contributed by atoms with Gasteiger partial charge in [0.25, 0.3) is 0 Å². The summed E-state index contributed by atoms with van der Waals surface area (Å²) in [5.41, 5.74) is 1.23. The number of ether oxygens (including phenoxy) is 2. The maximum Gasteiger partial charge on any atom is 0.330 e. The first-order chi connectivity index (χ1) is 11.9. The second-order valence-corrected chi connectivity index (χ2v) is 6.89. The Kier molecular flexibility index (Phi) is 6.76. The van der Waals surface area contributed by atoms with E-state index in [0.717, 1.165) is 36.8 Å². The molecular weight excluding hydrogens is 318 g/mol. The van der Waals surface area contributed by atoms with Crippen LogP contribution in [0.3, 0.4) is 0 Å². The highest BCUT2D eigenvalue weighted by molar-refractivity contribution is 5.86. The van der Waals surface area contributed by atoms with E-state index in [-0.39, 0.29) is 18.0 Å². The summed E-state index contributed by atoms with van der Waals surface area (Å²) in [5, 5.41) is 3.26. The number of nitrogens with one attached hydrogen (secondary N) is 1. The monoisotopic (exact) mass is 345 g/mol. The zero-order chi connectivity index (χ0) is 18.3. The first kappa shape index (κ1) is 19.2. The summed E-state index contributed by atoms with van der Waals surface area (Å²) < 4.78 is 10.2. The Hall–Kier alpha value is -2.14. The Labute approximate surface area is 149 Å². The minimum absolute atomic E-state index is 0.0782. The Balaban J connectivity index is 1.85. The number of rotatable bonds is 7. The van der Waals surface area contributed by atoms with Crippen molar-refractivity contribution in [1.82, 2.24) is 5.32 Å². The molecule has 0 heterocycles. The van der Waals surface area contributed by atoms with Gasteiger partial charge in [0.2, 0.25) is 0 Å². The number of methoxy groups -OCH3 is 1. The van der Waals surface area contributed by atoms with E-state index in [0.29, 0.717) is 6.54 Å². The second kappa shape index (κ2) is 8.81. The molecule has 0 bridgehead atoms. The van der Waals surface area contributed by atoms with Gasteiger partial charge in [-0.05, 0) is 56.7 Å². The van der Waals surface area contributed by atoms with Crippen LogP contribution in [0.5, 0.6) is 0 Å². The van der Waals surface area contributed by atoms with E-state index in [9.17, 15) is 9.59 Å². The molecule has 1 aliphatic rings. The van der Waals surface area contributed by atoms with Gasteiger partial charge in [0.05, 0.1) is 7.11 Å². The molecule has 0 aromatic heterocycles. The molecule has 0 radical (unpaired) electrons. The molecule has 0 unspecified atom stereocenters. The van der Waals surface area contributed by atoms with Crippen molar-refractivity contribution in [1.29, 1.82) is 0 Å². The highest BCUT2D eigenvalue weighted by Gasteiger charge is 2.31. The summed E-state index contributed by atoms with van der Waals surface area (Å²) in [7, 11) is 1.35. The van der Waals surface area contributed by atoms with Gasteiger partial charge < -0.3 is 9.47 Å². The molecule has 0 saturated heterocycles. The Morgan fingerprint density at radius 3 is 2.44 bits per heavy atom. The van der Waals surface area contributed by atoms with Gasteiger partial charge in [-0.3, -0.25) is 10.1 Å². The molecule has 1 aliphatic carbocycles. The second-order valence-electron chi connectivity index (χ2n) is 6.89. The lowest BCUT2D eigenvalue weighted by Crippen LogP contribution is -2.48. The summed E-state index contributed by atoms with van der Waals surface area (Å²) in [6.45, 7) is 4.25. The molecule has 5 nitrogen and oxygen atoms in total. The molecule has 0 atom stereocenters. The smallest absolute Gasteiger partial charge is 0.330 e. The maximum atomic E-state index is 12.3. The van der Waals surface area contributed by atoms with Crippen LogP contribution in [-0.2, 0) is 25.6 Å². The van der Waals surface area contributed by atoms with Crippen molar-refractivity contribution in [3.8, 4) is 0 Å². The van der Waals surface area contributed by atoms with Crippen LogP contribution in [-0.4, -0.2) is 30.7 Å². The van der Waals surface area contributed by atoms with E-state index in [4.69, 9.17) is 4.74 Å². The van der Waals surface area contributed by atoms with Crippen molar-refractivity contribution in [2.75, 3.05) is 7.11 Å².